The maximum atomic E-state index is 3.90. The van der Waals surface area contributed by atoms with Gasteiger partial charge in [-0.15, -0.1) is 0 Å². The first-order chi connectivity index (χ1) is 7.00. The molecule has 0 N–H and O–H groups in total. The molecule has 0 aliphatic heterocycles. The topological polar surface area (TPSA) is 0 Å². The average molecular weight is 202 g/mol. The van der Waals surface area contributed by atoms with Gasteiger partial charge < -0.3 is 0 Å². The normalized spacial score (nSPS) is 18.3. The largest absolute Gasteiger partial charge is 0.0985 e. The van der Waals surface area contributed by atoms with Gasteiger partial charge in [0.2, 0.25) is 0 Å². The predicted molar refractivity (Wildman–Crippen MR) is 68.8 cm³/mol. The van der Waals surface area contributed by atoms with Gasteiger partial charge in [-0.2, -0.15) is 0 Å². The molecule has 82 valence electrons. The Labute approximate surface area is 94.1 Å². The molecule has 0 aromatic rings. The van der Waals surface area contributed by atoms with Crippen LogP contribution in [0.5, 0.6) is 0 Å². The summed E-state index contributed by atoms with van der Waals surface area (Å²) in [4.78, 5) is 0. The van der Waals surface area contributed by atoms with Gasteiger partial charge in [-0.3, -0.25) is 0 Å². The van der Waals surface area contributed by atoms with Crippen LogP contribution in [0.2, 0.25) is 0 Å². The van der Waals surface area contributed by atoms with E-state index in [1.54, 1.807) is 0 Å². The van der Waals surface area contributed by atoms with Crippen molar-refractivity contribution in [3.63, 3.8) is 0 Å². The second kappa shape index (κ2) is 4.65. The maximum absolute atomic E-state index is 3.90. The fourth-order valence-corrected chi connectivity index (χ4v) is 2.22. The first-order valence-corrected chi connectivity index (χ1v) is 5.70. The van der Waals surface area contributed by atoms with Gasteiger partial charge in [0, 0.05) is 0 Å². The van der Waals surface area contributed by atoms with E-state index in [-0.39, 0.29) is 5.41 Å². The lowest BCUT2D eigenvalue weighted by atomic mass is 9.77. The van der Waals surface area contributed by atoms with E-state index < -0.39 is 0 Å². The average Bonchev–Trinajstić information content (AvgIpc) is 2.17. The third-order valence-corrected chi connectivity index (χ3v) is 2.85. The van der Waals surface area contributed by atoms with E-state index in [4.69, 9.17) is 0 Å². The van der Waals surface area contributed by atoms with Gasteiger partial charge in [-0.25, -0.2) is 0 Å². The number of allylic oxidation sites excluding steroid dienone is 7. The maximum Gasteiger partial charge on any atom is -0.0132 e. The minimum absolute atomic E-state index is 0.226. The van der Waals surface area contributed by atoms with Crippen molar-refractivity contribution in [2.45, 2.75) is 40.5 Å². The lowest BCUT2D eigenvalue weighted by Crippen LogP contribution is -2.13. The third-order valence-electron chi connectivity index (χ3n) is 2.85. The Hall–Kier alpha value is -1.04. The van der Waals surface area contributed by atoms with Gasteiger partial charge in [0.05, 0.1) is 0 Å². The van der Waals surface area contributed by atoms with Crippen molar-refractivity contribution in [3.8, 4) is 0 Å². The van der Waals surface area contributed by atoms with Gasteiger partial charge in [0.25, 0.3) is 0 Å². The summed E-state index contributed by atoms with van der Waals surface area (Å²) in [5, 5.41) is 0. The van der Waals surface area contributed by atoms with Crippen molar-refractivity contribution in [1.29, 1.82) is 0 Å². The molecule has 0 saturated carbocycles. The van der Waals surface area contributed by atoms with Crippen molar-refractivity contribution in [1.82, 2.24) is 0 Å². The van der Waals surface area contributed by atoms with E-state index >= 15 is 0 Å². The van der Waals surface area contributed by atoms with Gasteiger partial charge in [0.15, 0.2) is 0 Å². The fraction of sp³-hybridized carbons (Fsp3) is 0.467. The molecule has 0 atom stereocenters. The molecule has 0 aromatic heterocycles. The highest BCUT2D eigenvalue weighted by Crippen LogP contribution is 2.37. The van der Waals surface area contributed by atoms with Crippen LogP contribution in [-0.4, -0.2) is 0 Å². The highest BCUT2D eigenvalue weighted by molar-refractivity contribution is 5.48. The summed E-state index contributed by atoms with van der Waals surface area (Å²) in [7, 11) is 0. The van der Waals surface area contributed by atoms with Crippen LogP contribution < -0.4 is 0 Å². The molecule has 15 heavy (non-hydrogen) atoms. The van der Waals surface area contributed by atoms with Crippen LogP contribution in [0, 0.1) is 5.41 Å². The molecular weight excluding hydrogens is 180 g/mol. The van der Waals surface area contributed by atoms with Crippen LogP contribution in [0.25, 0.3) is 0 Å². The molecule has 0 heterocycles. The minimum atomic E-state index is 0.226. The second-order valence-corrected chi connectivity index (χ2v) is 5.03. The summed E-state index contributed by atoms with van der Waals surface area (Å²) in [5.41, 5.74) is 4.46. The van der Waals surface area contributed by atoms with Crippen LogP contribution in [-0.2, 0) is 0 Å². The molecule has 0 bridgehead atoms. The van der Waals surface area contributed by atoms with Crippen molar-refractivity contribution >= 4 is 0 Å². The van der Waals surface area contributed by atoms with E-state index in [1.165, 1.54) is 16.7 Å². The lowest BCUT2D eigenvalue weighted by molar-refractivity contribution is 0.504. The molecule has 1 rings (SSSR count). The number of hydrogen-bond acceptors (Lipinski definition) is 0. The molecule has 0 saturated heterocycles. The summed E-state index contributed by atoms with van der Waals surface area (Å²) in [5.74, 6) is 0. The standard InChI is InChI=1S/C15H22/c1-6-12-10-8-9-11-13(12)14(7-2)15(3,4)5/h6-8,10H,1,9,11H2,2-5H3/b14-7+. The Bertz CT molecular complexity index is 330. The van der Waals surface area contributed by atoms with Crippen LogP contribution in [0.4, 0.5) is 0 Å². The van der Waals surface area contributed by atoms with Crippen LogP contribution >= 0.6 is 0 Å². The Kier molecular flexibility index (Phi) is 3.73. The van der Waals surface area contributed by atoms with Gasteiger partial charge in [-0.1, -0.05) is 51.7 Å². The molecule has 0 spiro atoms. The zero-order chi connectivity index (χ0) is 11.5. The zero-order valence-corrected chi connectivity index (χ0v) is 10.4. The highest BCUT2D eigenvalue weighted by atomic mass is 14.3. The molecule has 0 nitrogen and oxygen atoms in total. The molecule has 0 aromatic carbocycles. The fourth-order valence-electron chi connectivity index (χ4n) is 2.22. The molecule has 1 aliphatic rings. The van der Waals surface area contributed by atoms with Crippen molar-refractivity contribution < 1.29 is 0 Å². The molecule has 0 heteroatoms. The molecular formula is C15H22. The first kappa shape index (κ1) is 12.0. The van der Waals surface area contributed by atoms with Crippen LogP contribution in [0.1, 0.15) is 40.5 Å². The van der Waals surface area contributed by atoms with Gasteiger partial charge >= 0.3 is 0 Å². The summed E-state index contributed by atoms with van der Waals surface area (Å²) in [6, 6.07) is 0. The van der Waals surface area contributed by atoms with E-state index in [9.17, 15) is 0 Å². The Morgan fingerprint density at radius 1 is 1.40 bits per heavy atom. The van der Waals surface area contributed by atoms with Crippen molar-refractivity contribution in [2.75, 3.05) is 0 Å². The van der Waals surface area contributed by atoms with Gasteiger partial charge in [0.1, 0.15) is 0 Å². The van der Waals surface area contributed by atoms with Gasteiger partial charge in [-0.05, 0) is 41.9 Å². The number of hydrogen-bond donors (Lipinski definition) is 0. The van der Waals surface area contributed by atoms with E-state index in [1.807, 2.05) is 6.08 Å². The number of rotatable bonds is 2. The summed E-state index contributed by atoms with van der Waals surface area (Å²) >= 11 is 0. The zero-order valence-electron chi connectivity index (χ0n) is 10.4. The SMILES string of the molecule is C=CC1=C(/C(=C\C)C(C)(C)C)CCC=C1. The van der Waals surface area contributed by atoms with E-state index in [0.717, 1.165) is 12.8 Å². The molecule has 0 fully saturated rings. The predicted octanol–water partition coefficient (Wildman–Crippen LogP) is 4.81. The summed E-state index contributed by atoms with van der Waals surface area (Å²) in [6.45, 7) is 12.8. The molecule has 1 aliphatic carbocycles. The molecule has 0 amide bonds. The Morgan fingerprint density at radius 2 is 2.07 bits per heavy atom. The van der Waals surface area contributed by atoms with Crippen molar-refractivity contribution in [2.24, 2.45) is 5.41 Å². The molecule has 0 unspecified atom stereocenters. The quantitative estimate of drug-likeness (QED) is 0.602. The monoisotopic (exact) mass is 202 g/mol. The van der Waals surface area contributed by atoms with Crippen LogP contribution in [0.3, 0.4) is 0 Å². The second-order valence-electron chi connectivity index (χ2n) is 5.03. The Balaban J connectivity index is 3.19. The smallest absolute Gasteiger partial charge is 0.0132 e. The van der Waals surface area contributed by atoms with E-state index in [2.05, 4.69) is 52.5 Å². The first-order valence-electron chi connectivity index (χ1n) is 5.70. The molecule has 0 radical (unpaired) electrons. The minimum Gasteiger partial charge on any atom is -0.0985 e. The Morgan fingerprint density at radius 3 is 2.53 bits per heavy atom. The lowest BCUT2D eigenvalue weighted by Gasteiger charge is -2.28. The van der Waals surface area contributed by atoms with Crippen LogP contribution in [0.15, 0.2) is 47.6 Å². The van der Waals surface area contributed by atoms with E-state index in [0.29, 0.717) is 0 Å². The highest BCUT2D eigenvalue weighted by Gasteiger charge is 2.21. The summed E-state index contributed by atoms with van der Waals surface area (Å²) < 4.78 is 0. The van der Waals surface area contributed by atoms with Crippen molar-refractivity contribution in [3.05, 3.63) is 47.6 Å². The third kappa shape index (κ3) is 2.71. The summed E-state index contributed by atoms with van der Waals surface area (Å²) in [6.07, 6.45) is 10.9.